The maximum atomic E-state index is 4.79. The fourth-order valence-corrected chi connectivity index (χ4v) is 2.70. The molecule has 112 valence electrons. The summed E-state index contributed by atoms with van der Waals surface area (Å²) >= 11 is 1.87. The van der Waals surface area contributed by atoms with Crippen LogP contribution in [0.1, 0.15) is 32.2 Å². The molecule has 4 heteroatoms. The molecule has 21 heavy (non-hydrogen) atoms. The SMILES string of the molecule is CCNc1nc(CSC(C)C)nc(-c2ccccc2)c1C. The first kappa shape index (κ1) is 15.8. The molecule has 2 aromatic rings. The average molecular weight is 301 g/mol. The molecule has 0 unspecified atom stereocenters. The highest BCUT2D eigenvalue weighted by Gasteiger charge is 2.12. The molecule has 1 aromatic heterocycles. The number of benzene rings is 1. The zero-order chi connectivity index (χ0) is 15.2. The van der Waals surface area contributed by atoms with E-state index in [0.717, 1.165) is 40.8 Å². The highest BCUT2D eigenvalue weighted by Crippen LogP contribution is 2.27. The van der Waals surface area contributed by atoms with Gasteiger partial charge >= 0.3 is 0 Å². The Hall–Kier alpha value is -1.55. The number of hydrogen-bond acceptors (Lipinski definition) is 4. The van der Waals surface area contributed by atoms with Gasteiger partial charge in [-0.05, 0) is 19.1 Å². The van der Waals surface area contributed by atoms with Crippen molar-refractivity contribution in [3.05, 3.63) is 41.7 Å². The molecule has 1 heterocycles. The van der Waals surface area contributed by atoms with Gasteiger partial charge < -0.3 is 5.32 Å². The normalized spacial score (nSPS) is 10.9. The van der Waals surface area contributed by atoms with Crippen LogP contribution in [-0.2, 0) is 5.75 Å². The number of nitrogens with one attached hydrogen (secondary N) is 1. The Bertz CT molecular complexity index is 582. The third-order valence-electron chi connectivity index (χ3n) is 3.13. The summed E-state index contributed by atoms with van der Waals surface area (Å²) in [7, 11) is 0. The van der Waals surface area contributed by atoms with Crippen LogP contribution in [-0.4, -0.2) is 21.8 Å². The summed E-state index contributed by atoms with van der Waals surface area (Å²) in [6, 6.07) is 10.3. The standard InChI is InChI=1S/C17H23N3S/c1-5-18-17-13(4)16(14-9-7-6-8-10-14)19-15(20-17)11-21-12(2)3/h6-10,12H,5,11H2,1-4H3,(H,18,19,20). The zero-order valence-corrected chi connectivity index (χ0v) is 14.0. The molecule has 3 nitrogen and oxygen atoms in total. The van der Waals surface area contributed by atoms with Gasteiger partial charge in [-0.2, -0.15) is 11.8 Å². The molecule has 0 saturated heterocycles. The van der Waals surface area contributed by atoms with Gasteiger partial charge in [0.1, 0.15) is 11.6 Å². The third kappa shape index (κ3) is 4.21. The molecule has 0 atom stereocenters. The predicted molar refractivity (Wildman–Crippen MR) is 92.8 cm³/mol. The second kappa shape index (κ2) is 7.46. The zero-order valence-electron chi connectivity index (χ0n) is 13.2. The number of anilines is 1. The second-order valence-corrected chi connectivity index (χ2v) is 6.78. The molecule has 0 amide bonds. The molecule has 0 aliphatic heterocycles. The van der Waals surface area contributed by atoms with E-state index >= 15 is 0 Å². The van der Waals surface area contributed by atoms with Crippen LogP contribution in [0.25, 0.3) is 11.3 Å². The van der Waals surface area contributed by atoms with Gasteiger partial charge in [-0.25, -0.2) is 9.97 Å². The minimum absolute atomic E-state index is 0.581. The van der Waals surface area contributed by atoms with Crippen LogP contribution in [0.3, 0.4) is 0 Å². The molecule has 1 N–H and O–H groups in total. The fraction of sp³-hybridized carbons (Fsp3) is 0.412. The van der Waals surface area contributed by atoms with Crippen molar-refractivity contribution >= 4 is 17.6 Å². The van der Waals surface area contributed by atoms with Crippen molar-refractivity contribution in [1.29, 1.82) is 0 Å². The fourth-order valence-electron chi connectivity index (χ4n) is 2.09. The van der Waals surface area contributed by atoms with E-state index < -0.39 is 0 Å². The molecule has 0 aliphatic carbocycles. The second-order valence-electron chi connectivity index (χ2n) is 5.22. The molecule has 1 aromatic carbocycles. The van der Waals surface area contributed by atoms with Gasteiger partial charge in [0.25, 0.3) is 0 Å². The molecule has 0 saturated carbocycles. The lowest BCUT2D eigenvalue weighted by Crippen LogP contribution is -2.08. The topological polar surface area (TPSA) is 37.8 Å². The number of aromatic nitrogens is 2. The van der Waals surface area contributed by atoms with Crippen LogP contribution < -0.4 is 5.32 Å². The van der Waals surface area contributed by atoms with Gasteiger partial charge in [0.15, 0.2) is 0 Å². The van der Waals surface area contributed by atoms with Crippen LogP contribution >= 0.6 is 11.8 Å². The van der Waals surface area contributed by atoms with E-state index in [1.54, 1.807) is 0 Å². The van der Waals surface area contributed by atoms with Crippen LogP contribution in [0.15, 0.2) is 30.3 Å². The van der Waals surface area contributed by atoms with Crippen molar-refractivity contribution in [2.24, 2.45) is 0 Å². The first-order valence-electron chi connectivity index (χ1n) is 7.40. The summed E-state index contributed by atoms with van der Waals surface area (Å²) in [6.07, 6.45) is 0. The first-order chi connectivity index (χ1) is 10.1. The molecule has 0 bridgehead atoms. The molecular weight excluding hydrogens is 278 g/mol. The maximum absolute atomic E-state index is 4.79. The highest BCUT2D eigenvalue weighted by atomic mass is 32.2. The Morgan fingerprint density at radius 2 is 1.86 bits per heavy atom. The van der Waals surface area contributed by atoms with Crippen molar-refractivity contribution in [1.82, 2.24) is 9.97 Å². The van der Waals surface area contributed by atoms with Crippen LogP contribution in [0, 0.1) is 6.92 Å². The van der Waals surface area contributed by atoms with E-state index in [1.807, 2.05) is 30.0 Å². The third-order valence-corrected chi connectivity index (χ3v) is 4.22. The molecule has 0 radical (unpaired) electrons. The van der Waals surface area contributed by atoms with Crippen molar-refractivity contribution < 1.29 is 0 Å². The van der Waals surface area contributed by atoms with Crippen LogP contribution in [0.4, 0.5) is 5.82 Å². The largest absolute Gasteiger partial charge is 0.370 e. The van der Waals surface area contributed by atoms with E-state index in [1.165, 1.54) is 0 Å². The lowest BCUT2D eigenvalue weighted by molar-refractivity contribution is 0.998. The van der Waals surface area contributed by atoms with E-state index in [2.05, 4.69) is 50.1 Å². The summed E-state index contributed by atoms with van der Waals surface area (Å²) in [5.74, 6) is 2.69. The Labute approximate surface area is 131 Å². The lowest BCUT2D eigenvalue weighted by atomic mass is 10.1. The smallest absolute Gasteiger partial charge is 0.141 e. The quantitative estimate of drug-likeness (QED) is 0.851. The van der Waals surface area contributed by atoms with Crippen molar-refractivity contribution in [3.63, 3.8) is 0 Å². The molecular formula is C17H23N3S. The monoisotopic (exact) mass is 301 g/mol. The van der Waals surface area contributed by atoms with Gasteiger partial charge in [0, 0.05) is 17.7 Å². The van der Waals surface area contributed by atoms with E-state index in [0.29, 0.717) is 5.25 Å². The predicted octanol–water partition coefficient (Wildman–Crippen LogP) is 4.53. The van der Waals surface area contributed by atoms with E-state index in [4.69, 9.17) is 4.98 Å². The van der Waals surface area contributed by atoms with Gasteiger partial charge in [-0.15, -0.1) is 0 Å². The van der Waals surface area contributed by atoms with Gasteiger partial charge in [-0.1, -0.05) is 44.2 Å². The average Bonchev–Trinajstić information content (AvgIpc) is 2.49. The van der Waals surface area contributed by atoms with Crippen LogP contribution in [0.5, 0.6) is 0 Å². The molecule has 2 rings (SSSR count). The summed E-state index contributed by atoms with van der Waals surface area (Å²) in [6.45, 7) is 9.43. The maximum Gasteiger partial charge on any atom is 0.141 e. The first-order valence-corrected chi connectivity index (χ1v) is 8.45. The Balaban J connectivity index is 2.42. The molecule has 0 fully saturated rings. The molecule has 0 spiro atoms. The van der Waals surface area contributed by atoms with E-state index in [9.17, 15) is 0 Å². The number of nitrogens with zero attached hydrogens (tertiary/aromatic N) is 2. The molecule has 0 aliphatic rings. The van der Waals surface area contributed by atoms with Crippen molar-refractivity contribution in [2.45, 2.75) is 38.7 Å². The summed E-state index contributed by atoms with van der Waals surface area (Å²) < 4.78 is 0. The Kier molecular flexibility index (Phi) is 5.62. The van der Waals surface area contributed by atoms with Gasteiger partial charge in [0.2, 0.25) is 0 Å². The number of hydrogen-bond donors (Lipinski definition) is 1. The Morgan fingerprint density at radius 1 is 1.14 bits per heavy atom. The van der Waals surface area contributed by atoms with Crippen LogP contribution in [0.2, 0.25) is 0 Å². The minimum Gasteiger partial charge on any atom is -0.370 e. The summed E-state index contributed by atoms with van der Waals surface area (Å²) in [5, 5.41) is 3.93. The van der Waals surface area contributed by atoms with Crippen molar-refractivity contribution in [3.8, 4) is 11.3 Å². The number of rotatable bonds is 6. The Morgan fingerprint density at radius 3 is 2.48 bits per heavy atom. The van der Waals surface area contributed by atoms with Gasteiger partial charge in [-0.3, -0.25) is 0 Å². The van der Waals surface area contributed by atoms with E-state index in [-0.39, 0.29) is 0 Å². The van der Waals surface area contributed by atoms with Gasteiger partial charge in [0.05, 0.1) is 11.4 Å². The minimum atomic E-state index is 0.581. The highest BCUT2D eigenvalue weighted by molar-refractivity contribution is 7.99. The van der Waals surface area contributed by atoms with Crippen molar-refractivity contribution in [2.75, 3.05) is 11.9 Å². The number of thioether (sulfide) groups is 1. The summed E-state index contributed by atoms with van der Waals surface area (Å²) in [4.78, 5) is 9.46. The summed E-state index contributed by atoms with van der Waals surface area (Å²) in [5.41, 5.74) is 3.29. The lowest BCUT2D eigenvalue weighted by Gasteiger charge is -2.14.